The van der Waals surface area contributed by atoms with Crippen LogP contribution in [0.4, 0.5) is 0 Å². The summed E-state index contributed by atoms with van der Waals surface area (Å²) in [7, 11) is 0. The van der Waals surface area contributed by atoms with Crippen molar-refractivity contribution < 1.29 is 9.53 Å². The van der Waals surface area contributed by atoms with Crippen molar-refractivity contribution in [2.24, 2.45) is 0 Å². The Morgan fingerprint density at radius 1 is 0.964 bits per heavy atom. The van der Waals surface area contributed by atoms with Gasteiger partial charge in [-0.05, 0) is 17.0 Å². The van der Waals surface area contributed by atoms with Gasteiger partial charge in [-0.1, -0.05) is 71.9 Å². The van der Waals surface area contributed by atoms with Crippen LogP contribution in [0.5, 0.6) is 5.75 Å². The molecule has 6 nitrogen and oxygen atoms in total. The lowest BCUT2D eigenvalue weighted by Gasteiger charge is -2.09. The van der Waals surface area contributed by atoms with Crippen molar-refractivity contribution in [2.75, 3.05) is 13.2 Å². The van der Waals surface area contributed by atoms with Gasteiger partial charge in [0.25, 0.3) is 5.91 Å². The van der Waals surface area contributed by atoms with Crippen molar-refractivity contribution in [1.29, 1.82) is 0 Å². The minimum atomic E-state index is -0.263. The van der Waals surface area contributed by atoms with Crippen molar-refractivity contribution in [1.82, 2.24) is 20.3 Å². The maximum atomic E-state index is 12.3. The highest BCUT2D eigenvalue weighted by Gasteiger charge is 2.10. The molecule has 0 aliphatic carbocycles. The molecule has 0 saturated heterocycles. The normalized spacial score (nSPS) is 10.7. The fraction of sp³-hybridized carbons (Fsp3) is 0.136. The standard InChI is InChI=1S/C22H20N4O2/c27-22(20-16-26(25-24-20)15-17-7-2-1-3-8-17)23-13-14-28-21-12-6-10-18-9-4-5-11-19(18)21/h1-12,16H,13-15H2,(H,23,27). The van der Waals surface area contributed by atoms with Gasteiger partial charge in [0.1, 0.15) is 12.4 Å². The predicted molar refractivity (Wildman–Crippen MR) is 107 cm³/mol. The first-order valence-electron chi connectivity index (χ1n) is 9.12. The lowest BCUT2D eigenvalue weighted by Crippen LogP contribution is -2.28. The minimum Gasteiger partial charge on any atom is -0.491 e. The molecule has 0 bridgehead atoms. The molecule has 0 radical (unpaired) electrons. The Hall–Kier alpha value is -3.67. The number of nitrogens with one attached hydrogen (secondary N) is 1. The van der Waals surface area contributed by atoms with E-state index in [1.165, 1.54) is 0 Å². The van der Waals surface area contributed by atoms with Crippen LogP contribution in [-0.4, -0.2) is 34.1 Å². The molecule has 1 aromatic heterocycles. The molecule has 6 heteroatoms. The van der Waals surface area contributed by atoms with E-state index in [-0.39, 0.29) is 5.91 Å². The molecule has 0 atom stereocenters. The Labute approximate surface area is 162 Å². The second-order valence-corrected chi connectivity index (χ2v) is 6.37. The molecular weight excluding hydrogens is 352 g/mol. The van der Waals surface area contributed by atoms with Gasteiger partial charge in [0.15, 0.2) is 5.69 Å². The Balaban J connectivity index is 1.29. The first-order chi connectivity index (χ1) is 13.8. The van der Waals surface area contributed by atoms with Gasteiger partial charge < -0.3 is 10.1 Å². The third kappa shape index (κ3) is 4.17. The van der Waals surface area contributed by atoms with Crippen LogP contribution in [0.15, 0.2) is 79.0 Å². The maximum Gasteiger partial charge on any atom is 0.273 e. The Morgan fingerprint density at radius 3 is 2.64 bits per heavy atom. The number of ether oxygens (including phenoxy) is 1. The number of rotatable bonds is 7. The first-order valence-corrected chi connectivity index (χ1v) is 9.12. The van der Waals surface area contributed by atoms with E-state index < -0.39 is 0 Å². The summed E-state index contributed by atoms with van der Waals surface area (Å²) < 4.78 is 7.48. The fourth-order valence-corrected chi connectivity index (χ4v) is 2.99. The number of fused-ring (bicyclic) bond motifs is 1. The summed E-state index contributed by atoms with van der Waals surface area (Å²) in [5.41, 5.74) is 1.39. The zero-order valence-corrected chi connectivity index (χ0v) is 15.3. The molecule has 28 heavy (non-hydrogen) atoms. The molecule has 1 amide bonds. The smallest absolute Gasteiger partial charge is 0.273 e. The van der Waals surface area contributed by atoms with Crippen molar-refractivity contribution in [3.05, 3.63) is 90.3 Å². The molecular formula is C22H20N4O2. The molecule has 0 unspecified atom stereocenters. The van der Waals surface area contributed by atoms with Gasteiger partial charge in [0, 0.05) is 5.39 Å². The van der Waals surface area contributed by atoms with E-state index in [0.29, 0.717) is 25.4 Å². The summed E-state index contributed by atoms with van der Waals surface area (Å²) in [4.78, 5) is 12.3. The van der Waals surface area contributed by atoms with E-state index in [1.54, 1.807) is 10.9 Å². The molecule has 0 saturated carbocycles. The molecule has 4 rings (SSSR count). The molecule has 140 valence electrons. The molecule has 0 aliphatic heterocycles. The third-order valence-corrected chi connectivity index (χ3v) is 4.35. The van der Waals surface area contributed by atoms with Crippen molar-refractivity contribution in [2.45, 2.75) is 6.54 Å². The van der Waals surface area contributed by atoms with Crippen LogP contribution in [0.25, 0.3) is 10.8 Å². The van der Waals surface area contributed by atoms with Crippen molar-refractivity contribution in [3.8, 4) is 5.75 Å². The van der Waals surface area contributed by atoms with E-state index in [1.807, 2.05) is 72.8 Å². The first kappa shape index (κ1) is 17.7. The Morgan fingerprint density at radius 2 is 1.75 bits per heavy atom. The van der Waals surface area contributed by atoms with Gasteiger partial charge in [-0.15, -0.1) is 5.10 Å². The van der Waals surface area contributed by atoms with Crippen LogP contribution in [-0.2, 0) is 6.54 Å². The summed E-state index contributed by atoms with van der Waals surface area (Å²) >= 11 is 0. The van der Waals surface area contributed by atoms with Crippen LogP contribution in [0, 0.1) is 0 Å². The third-order valence-electron chi connectivity index (χ3n) is 4.35. The zero-order chi connectivity index (χ0) is 19.2. The summed E-state index contributed by atoms with van der Waals surface area (Å²) in [5.74, 6) is 0.544. The lowest BCUT2D eigenvalue weighted by atomic mass is 10.1. The summed E-state index contributed by atoms with van der Waals surface area (Å²) in [5, 5.41) is 13.0. The highest BCUT2D eigenvalue weighted by molar-refractivity contribution is 5.91. The number of aromatic nitrogens is 3. The molecule has 0 fully saturated rings. The van der Waals surface area contributed by atoms with Gasteiger partial charge in [-0.25, -0.2) is 4.68 Å². The molecule has 1 heterocycles. The van der Waals surface area contributed by atoms with Gasteiger partial charge in [0.05, 0.1) is 19.3 Å². The van der Waals surface area contributed by atoms with E-state index in [2.05, 4.69) is 15.6 Å². The van der Waals surface area contributed by atoms with Gasteiger partial charge in [-0.3, -0.25) is 4.79 Å². The van der Waals surface area contributed by atoms with Crippen LogP contribution in [0.1, 0.15) is 16.1 Å². The largest absolute Gasteiger partial charge is 0.491 e. The van der Waals surface area contributed by atoms with Crippen LogP contribution < -0.4 is 10.1 Å². The molecule has 0 aliphatic rings. The number of hydrogen-bond donors (Lipinski definition) is 1. The van der Waals surface area contributed by atoms with Crippen LogP contribution in [0.2, 0.25) is 0 Å². The van der Waals surface area contributed by atoms with Crippen LogP contribution in [0.3, 0.4) is 0 Å². The predicted octanol–water partition coefficient (Wildman–Crippen LogP) is 3.29. The highest BCUT2D eigenvalue weighted by Crippen LogP contribution is 2.24. The molecule has 0 spiro atoms. The van der Waals surface area contributed by atoms with Gasteiger partial charge in [-0.2, -0.15) is 0 Å². The van der Waals surface area contributed by atoms with Crippen molar-refractivity contribution in [3.63, 3.8) is 0 Å². The summed E-state index contributed by atoms with van der Waals surface area (Å²) in [6, 6.07) is 23.9. The summed E-state index contributed by atoms with van der Waals surface area (Å²) in [6.07, 6.45) is 1.65. The maximum absolute atomic E-state index is 12.3. The monoisotopic (exact) mass is 372 g/mol. The minimum absolute atomic E-state index is 0.263. The van der Waals surface area contributed by atoms with Gasteiger partial charge >= 0.3 is 0 Å². The number of carbonyl (C=O) groups excluding carboxylic acids is 1. The Bertz CT molecular complexity index is 1070. The molecule has 3 aromatic carbocycles. The van der Waals surface area contributed by atoms with E-state index >= 15 is 0 Å². The van der Waals surface area contributed by atoms with E-state index in [4.69, 9.17) is 4.74 Å². The van der Waals surface area contributed by atoms with Crippen LogP contribution >= 0.6 is 0 Å². The quantitative estimate of drug-likeness (QED) is 0.506. The van der Waals surface area contributed by atoms with Crippen molar-refractivity contribution >= 4 is 16.7 Å². The second-order valence-electron chi connectivity index (χ2n) is 6.37. The van der Waals surface area contributed by atoms with Gasteiger partial charge in [0.2, 0.25) is 0 Å². The van der Waals surface area contributed by atoms with E-state index in [9.17, 15) is 4.79 Å². The molecule has 1 N–H and O–H groups in total. The summed E-state index contributed by atoms with van der Waals surface area (Å²) in [6.45, 7) is 1.33. The molecule has 4 aromatic rings. The Kier molecular flexibility index (Phi) is 5.29. The zero-order valence-electron chi connectivity index (χ0n) is 15.3. The van der Waals surface area contributed by atoms with E-state index in [0.717, 1.165) is 22.1 Å². The average Bonchev–Trinajstić information content (AvgIpc) is 3.20. The lowest BCUT2D eigenvalue weighted by molar-refractivity contribution is 0.0942. The number of nitrogens with zero attached hydrogens (tertiary/aromatic N) is 3. The number of amides is 1. The topological polar surface area (TPSA) is 69.0 Å². The number of hydrogen-bond acceptors (Lipinski definition) is 4. The number of benzene rings is 3. The second kappa shape index (κ2) is 8.35. The fourth-order valence-electron chi connectivity index (χ4n) is 2.99. The average molecular weight is 372 g/mol. The highest BCUT2D eigenvalue weighted by atomic mass is 16.5. The SMILES string of the molecule is O=C(NCCOc1cccc2ccccc12)c1cn(Cc2ccccc2)nn1. The number of carbonyl (C=O) groups is 1.